The minimum absolute atomic E-state index is 0.127. The second-order valence-electron chi connectivity index (χ2n) is 6.99. The molecule has 33 heavy (non-hydrogen) atoms. The predicted molar refractivity (Wildman–Crippen MR) is 132 cm³/mol. The Bertz CT molecular complexity index is 1060. The number of nitrogens with one attached hydrogen (secondary N) is 1. The molecule has 0 spiro atoms. The monoisotopic (exact) mass is 488 g/mol. The Morgan fingerprint density at radius 2 is 1.76 bits per heavy atom. The van der Waals surface area contributed by atoms with Crippen LogP contribution < -0.4 is 19.5 Å². The fourth-order valence-corrected chi connectivity index (χ4v) is 4.50. The molecule has 0 atom stereocenters. The molecule has 0 saturated carbocycles. The van der Waals surface area contributed by atoms with Crippen molar-refractivity contribution in [1.82, 2.24) is 4.90 Å². The summed E-state index contributed by atoms with van der Waals surface area (Å²) in [6.45, 7) is 0.334. The van der Waals surface area contributed by atoms with Crippen molar-refractivity contribution in [1.29, 1.82) is 0 Å². The highest BCUT2D eigenvalue weighted by Gasteiger charge is 2.31. The first-order chi connectivity index (χ1) is 15.9. The van der Waals surface area contributed by atoms with E-state index in [1.165, 1.54) is 50.1 Å². The highest BCUT2D eigenvalue weighted by Crippen LogP contribution is 2.40. The van der Waals surface area contributed by atoms with Crippen molar-refractivity contribution in [2.75, 3.05) is 33.2 Å². The fraction of sp³-hybridized carbons (Fsp3) is 0.261. The van der Waals surface area contributed by atoms with Gasteiger partial charge in [-0.15, -0.1) is 0 Å². The number of phenolic OH excluding ortho intramolecular Hbond substituents is 1. The smallest absolute Gasteiger partial charge is 0.266 e. The summed E-state index contributed by atoms with van der Waals surface area (Å²) >= 11 is 6.59. The lowest BCUT2D eigenvalue weighted by Gasteiger charge is -2.14. The maximum absolute atomic E-state index is 12.9. The third kappa shape index (κ3) is 5.96. The molecule has 0 aliphatic carbocycles. The van der Waals surface area contributed by atoms with E-state index in [-0.39, 0.29) is 24.0 Å². The number of nitrogens with zero attached hydrogens (tertiary/aromatic N) is 1. The zero-order chi connectivity index (χ0) is 24.0. The number of amides is 2. The van der Waals surface area contributed by atoms with Crippen molar-refractivity contribution in [3.05, 3.63) is 46.9 Å². The lowest BCUT2D eigenvalue weighted by molar-refractivity contribution is -0.122. The summed E-state index contributed by atoms with van der Waals surface area (Å²) in [5.41, 5.74) is 1.30. The van der Waals surface area contributed by atoms with E-state index in [1.54, 1.807) is 30.3 Å². The molecule has 2 amide bonds. The minimum Gasteiger partial charge on any atom is -0.508 e. The van der Waals surface area contributed by atoms with Gasteiger partial charge in [0, 0.05) is 18.7 Å². The van der Waals surface area contributed by atoms with Gasteiger partial charge < -0.3 is 24.6 Å². The zero-order valence-corrected chi connectivity index (χ0v) is 20.0. The first-order valence-electron chi connectivity index (χ1n) is 10.0. The van der Waals surface area contributed by atoms with Crippen LogP contribution in [0, 0.1) is 0 Å². The molecule has 2 aromatic rings. The summed E-state index contributed by atoms with van der Waals surface area (Å²) in [5.74, 6) is 1.17. The van der Waals surface area contributed by atoms with E-state index in [4.69, 9.17) is 26.4 Å². The Balaban J connectivity index is 1.63. The molecule has 1 aliphatic heterocycles. The SMILES string of the molecule is COc1cc(C=C2SC(=S)N(CCCC(=O)Nc3ccc(O)cc3)C2=O)cc(OC)c1OC. The second kappa shape index (κ2) is 11.1. The van der Waals surface area contributed by atoms with Gasteiger partial charge in [0.05, 0.1) is 26.2 Å². The molecule has 1 saturated heterocycles. The molecular weight excluding hydrogens is 464 g/mol. The van der Waals surface area contributed by atoms with Crippen molar-refractivity contribution in [3.8, 4) is 23.0 Å². The van der Waals surface area contributed by atoms with Gasteiger partial charge in [0.25, 0.3) is 5.91 Å². The predicted octanol–water partition coefficient (Wildman–Crippen LogP) is 4.04. The Morgan fingerprint density at radius 1 is 1.12 bits per heavy atom. The van der Waals surface area contributed by atoms with E-state index in [0.717, 1.165) is 0 Å². The van der Waals surface area contributed by atoms with Crippen LogP contribution in [-0.4, -0.2) is 54.0 Å². The van der Waals surface area contributed by atoms with Crippen LogP contribution in [0.4, 0.5) is 5.69 Å². The Hall–Kier alpha value is -3.24. The first kappa shape index (κ1) is 24.4. The number of anilines is 1. The number of ether oxygens (including phenoxy) is 3. The van der Waals surface area contributed by atoms with E-state index in [0.29, 0.717) is 50.7 Å². The number of hydrogen-bond acceptors (Lipinski definition) is 8. The van der Waals surface area contributed by atoms with Crippen LogP contribution in [0.2, 0.25) is 0 Å². The molecule has 174 valence electrons. The summed E-state index contributed by atoms with van der Waals surface area (Å²) in [6.07, 6.45) is 2.40. The number of rotatable bonds is 9. The van der Waals surface area contributed by atoms with Crippen molar-refractivity contribution in [2.45, 2.75) is 12.8 Å². The van der Waals surface area contributed by atoms with Gasteiger partial charge in [-0.05, 0) is 54.5 Å². The maximum atomic E-state index is 12.9. The number of aromatic hydroxyl groups is 1. The normalized spacial score (nSPS) is 14.5. The summed E-state index contributed by atoms with van der Waals surface area (Å²) < 4.78 is 16.5. The molecule has 0 unspecified atom stereocenters. The van der Waals surface area contributed by atoms with Crippen LogP contribution in [0.25, 0.3) is 6.08 Å². The molecular formula is C23H24N2O6S2. The maximum Gasteiger partial charge on any atom is 0.266 e. The van der Waals surface area contributed by atoms with E-state index < -0.39 is 0 Å². The topological polar surface area (TPSA) is 97.3 Å². The van der Waals surface area contributed by atoms with E-state index in [2.05, 4.69) is 5.32 Å². The summed E-state index contributed by atoms with van der Waals surface area (Å²) in [6, 6.07) is 9.72. The average molecular weight is 489 g/mol. The number of thioether (sulfide) groups is 1. The number of phenols is 1. The molecule has 1 aliphatic rings. The first-order valence-corrected chi connectivity index (χ1v) is 11.2. The fourth-order valence-electron chi connectivity index (χ4n) is 3.19. The van der Waals surface area contributed by atoms with Gasteiger partial charge in [-0.25, -0.2) is 0 Å². The van der Waals surface area contributed by atoms with Crippen molar-refractivity contribution in [3.63, 3.8) is 0 Å². The Labute approximate surface area is 201 Å². The molecule has 2 N–H and O–H groups in total. The highest BCUT2D eigenvalue weighted by atomic mass is 32.2. The van der Waals surface area contributed by atoms with Crippen molar-refractivity contribution < 1.29 is 28.9 Å². The van der Waals surface area contributed by atoms with Gasteiger partial charge >= 0.3 is 0 Å². The van der Waals surface area contributed by atoms with Gasteiger partial charge in [0.2, 0.25) is 11.7 Å². The molecule has 10 heteroatoms. The largest absolute Gasteiger partial charge is 0.508 e. The number of benzene rings is 2. The zero-order valence-electron chi connectivity index (χ0n) is 18.4. The molecule has 2 aromatic carbocycles. The molecule has 0 radical (unpaired) electrons. The summed E-state index contributed by atoms with van der Waals surface area (Å²) in [7, 11) is 4.58. The molecule has 3 rings (SSSR count). The lowest BCUT2D eigenvalue weighted by Crippen LogP contribution is -2.29. The van der Waals surface area contributed by atoms with Gasteiger partial charge in [-0.3, -0.25) is 14.5 Å². The van der Waals surface area contributed by atoms with Crippen LogP contribution in [0.1, 0.15) is 18.4 Å². The van der Waals surface area contributed by atoms with Crippen LogP contribution in [0.3, 0.4) is 0 Å². The second-order valence-corrected chi connectivity index (χ2v) is 8.67. The van der Waals surface area contributed by atoms with E-state index in [9.17, 15) is 14.7 Å². The Kier molecular flexibility index (Phi) is 8.18. The molecule has 1 heterocycles. The third-order valence-corrected chi connectivity index (χ3v) is 6.17. The van der Waals surface area contributed by atoms with Crippen LogP contribution in [-0.2, 0) is 9.59 Å². The van der Waals surface area contributed by atoms with Crippen molar-refractivity contribution in [2.24, 2.45) is 0 Å². The summed E-state index contributed by atoms with van der Waals surface area (Å²) in [4.78, 5) is 27.0. The van der Waals surface area contributed by atoms with Crippen molar-refractivity contribution >= 4 is 51.9 Å². The van der Waals surface area contributed by atoms with E-state index >= 15 is 0 Å². The van der Waals surface area contributed by atoms with Crippen LogP contribution >= 0.6 is 24.0 Å². The molecule has 1 fully saturated rings. The lowest BCUT2D eigenvalue weighted by atomic mass is 10.1. The number of carbonyl (C=O) groups is 2. The van der Waals surface area contributed by atoms with Gasteiger partial charge in [-0.2, -0.15) is 0 Å². The quantitative estimate of drug-likeness (QED) is 0.310. The summed E-state index contributed by atoms with van der Waals surface area (Å²) in [5, 5.41) is 12.1. The van der Waals surface area contributed by atoms with Crippen LogP contribution in [0.15, 0.2) is 41.3 Å². The average Bonchev–Trinajstić information content (AvgIpc) is 3.07. The number of carbonyl (C=O) groups excluding carboxylic acids is 2. The molecule has 0 bridgehead atoms. The number of methoxy groups -OCH3 is 3. The molecule has 0 aromatic heterocycles. The number of hydrogen-bond donors (Lipinski definition) is 2. The number of thiocarbonyl (C=S) groups is 1. The van der Waals surface area contributed by atoms with E-state index in [1.807, 2.05) is 0 Å². The van der Waals surface area contributed by atoms with Gasteiger partial charge in [0.15, 0.2) is 11.5 Å². The van der Waals surface area contributed by atoms with Gasteiger partial charge in [-0.1, -0.05) is 24.0 Å². The Morgan fingerprint density at radius 3 is 2.33 bits per heavy atom. The van der Waals surface area contributed by atoms with Gasteiger partial charge in [0.1, 0.15) is 10.1 Å². The minimum atomic E-state index is -0.210. The third-order valence-electron chi connectivity index (χ3n) is 4.80. The highest BCUT2D eigenvalue weighted by molar-refractivity contribution is 8.26. The standard InChI is InChI=1S/C23H24N2O6S2/c1-29-17-11-14(12-18(30-2)21(17)31-3)13-19-22(28)25(23(32)33-19)10-4-5-20(27)24-15-6-8-16(26)9-7-15/h6-9,11-13,26H,4-5,10H2,1-3H3,(H,24,27). The molecule has 8 nitrogen and oxygen atoms in total. The van der Waals surface area contributed by atoms with Crippen LogP contribution in [0.5, 0.6) is 23.0 Å².